The second-order valence-corrected chi connectivity index (χ2v) is 17.2. The smallest absolute Gasteiger partial charge is 0.274 e. The number of anilines is 3. The van der Waals surface area contributed by atoms with Crippen LogP contribution in [0.15, 0.2) is 87.6 Å². The summed E-state index contributed by atoms with van der Waals surface area (Å²) in [6.07, 6.45) is 4.60. The second kappa shape index (κ2) is 14.8. The number of aryl methyl sites for hydroxylation is 2. The van der Waals surface area contributed by atoms with Gasteiger partial charge in [-0.15, -0.1) is 11.3 Å². The summed E-state index contributed by atoms with van der Waals surface area (Å²) in [5.74, 6) is -2.35. The van der Waals surface area contributed by atoms with Crippen LogP contribution in [0.5, 0.6) is 0 Å². The van der Waals surface area contributed by atoms with Gasteiger partial charge in [-0.05, 0) is 110 Å². The minimum atomic E-state index is -0.736. The minimum Gasteiger partial charge on any atom is -0.274 e. The number of halogens is 2. The number of carbonyl (C=O) groups is 4. The molecule has 11 nitrogen and oxygen atoms in total. The summed E-state index contributed by atoms with van der Waals surface area (Å²) in [5.41, 5.74) is 2.97. The average molecular weight is 843 g/mol. The van der Waals surface area contributed by atoms with Gasteiger partial charge >= 0.3 is 0 Å². The Morgan fingerprint density at radius 1 is 0.804 bits per heavy atom. The normalized spacial score (nSPS) is 18.7. The number of hydrogen-bond donors (Lipinski definition) is 0. The van der Waals surface area contributed by atoms with Crippen LogP contribution in [-0.4, -0.2) is 38.6 Å². The van der Waals surface area contributed by atoms with Gasteiger partial charge in [-0.25, -0.2) is 4.98 Å². The van der Waals surface area contributed by atoms with Gasteiger partial charge in [-0.3, -0.25) is 44.0 Å². The number of amides is 4. The molecule has 2 atom stereocenters. The lowest BCUT2D eigenvalue weighted by atomic mass is 9.81. The third-order valence-corrected chi connectivity index (χ3v) is 13.5. The first kappa shape index (κ1) is 37.9. The number of aromatic nitrogens is 1. The Labute approximate surface area is 344 Å². The van der Waals surface area contributed by atoms with Crippen LogP contribution in [0.3, 0.4) is 0 Å². The highest BCUT2D eigenvalue weighted by Crippen LogP contribution is 2.43. The number of nitro groups is 1. The zero-order valence-electron chi connectivity index (χ0n) is 29.7. The highest BCUT2D eigenvalue weighted by atomic mass is 35.5. The summed E-state index contributed by atoms with van der Waals surface area (Å²) in [6, 6.07) is 19.5. The summed E-state index contributed by atoms with van der Waals surface area (Å²) in [5, 5.41) is 13.1. The fraction of sp³-hybridized carbons (Fsp3) is 0.200. The Bertz CT molecular complexity index is 2510. The van der Waals surface area contributed by atoms with Crippen molar-refractivity contribution in [3.63, 3.8) is 0 Å². The quantitative estimate of drug-likeness (QED) is 0.0392. The fourth-order valence-corrected chi connectivity index (χ4v) is 10.1. The summed E-state index contributed by atoms with van der Waals surface area (Å²) in [4.78, 5) is 75.2. The second-order valence-electron chi connectivity index (χ2n) is 13.7. The molecule has 4 amide bonds. The van der Waals surface area contributed by atoms with E-state index in [4.69, 9.17) is 35.4 Å². The molecule has 2 aliphatic heterocycles. The van der Waals surface area contributed by atoms with Gasteiger partial charge in [0.15, 0.2) is 9.45 Å². The van der Waals surface area contributed by atoms with E-state index in [1.165, 1.54) is 44.2 Å². The number of nitrogens with zero attached hydrogens (tertiary/aromatic N) is 5. The highest BCUT2D eigenvalue weighted by molar-refractivity contribution is 8.01. The van der Waals surface area contributed by atoms with Gasteiger partial charge in [0.2, 0.25) is 11.8 Å². The Balaban J connectivity index is 1.12. The zero-order chi connectivity index (χ0) is 39.6. The Morgan fingerprint density at radius 2 is 1.36 bits per heavy atom. The summed E-state index contributed by atoms with van der Waals surface area (Å²) in [7, 11) is 0. The van der Waals surface area contributed by atoms with Crippen LogP contribution in [0.4, 0.5) is 22.7 Å². The van der Waals surface area contributed by atoms with Gasteiger partial charge < -0.3 is 0 Å². The average Bonchev–Trinajstić information content (AvgIpc) is 3.69. The van der Waals surface area contributed by atoms with E-state index in [2.05, 4.69) is 4.98 Å². The van der Waals surface area contributed by atoms with Gasteiger partial charge in [-0.1, -0.05) is 66.0 Å². The van der Waals surface area contributed by atoms with Crippen molar-refractivity contribution < 1.29 is 24.1 Å². The first-order chi connectivity index (χ1) is 26.8. The van der Waals surface area contributed by atoms with Gasteiger partial charge in [0.1, 0.15) is 5.57 Å². The van der Waals surface area contributed by atoms with E-state index in [9.17, 15) is 29.3 Å². The van der Waals surface area contributed by atoms with E-state index in [1.54, 1.807) is 60.7 Å². The lowest BCUT2D eigenvalue weighted by Crippen LogP contribution is -2.57. The number of imide groups is 1. The molecule has 0 unspecified atom stereocenters. The molecule has 8 rings (SSSR count). The van der Waals surface area contributed by atoms with Crippen LogP contribution < -0.4 is 14.7 Å². The van der Waals surface area contributed by atoms with E-state index in [1.807, 2.05) is 13.8 Å². The number of rotatable bonds is 7. The van der Waals surface area contributed by atoms with E-state index < -0.39 is 16.7 Å². The number of fused-ring (bicyclic) bond motifs is 2. The summed E-state index contributed by atoms with van der Waals surface area (Å²) in [6.45, 7) is 3.62. The maximum absolute atomic E-state index is 14.1. The Kier molecular flexibility index (Phi) is 10.0. The summed E-state index contributed by atoms with van der Waals surface area (Å²) < 4.78 is 1.22. The molecule has 56 heavy (non-hydrogen) atoms. The van der Waals surface area contributed by atoms with Crippen LogP contribution in [-0.2, 0) is 19.2 Å². The van der Waals surface area contributed by atoms with Crippen molar-refractivity contribution in [2.75, 3.05) is 14.7 Å². The fourth-order valence-electron chi connectivity index (χ4n) is 7.23. The van der Waals surface area contributed by atoms with Gasteiger partial charge in [0.05, 0.1) is 48.9 Å². The maximum Gasteiger partial charge on any atom is 0.283 e. The molecular formula is C40H29Cl2N5O6S3. The molecule has 2 saturated heterocycles. The van der Waals surface area contributed by atoms with Crippen molar-refractivity contribution in [2.45, 2.75) is 48.8 Å². The molecule has 0 spiro atoms. The lowest BCUT2D eigenvalue weighted by Gasteiger charge is -2.36. The molecule has 5 aromatic rings. The number of carbonyl (C=O) groups excluding carboxylic acids is 4. The van der Waals surface area contributed by atoms with Crippen LogP contribution in [0.2, 0.25) is 10.0 Å². The largest absolute Gasteiger partial charge is 0.283 e. The lowest BCUT2D eigenvalue weighted by molar-refractivity contribution is -0.387. The standard InChI is InChI=1S/C40H29Cl2N5O6S3/c1-20-7-10-23(17-29(20)41)45-37(50)28(38(51)46(40(45)54)24-11-8-21(2)30(42)18-24)15-22-9-14-33(32(16-22)47(52)53)55-39-43-31-13-12-25(19-34(31)56-39)44-35(48)26-5-3-4-6-27(26)36(44)49/h7-19,26-27H,3-6H2,1-2H3/t26-,27-/m1/s1. The van der Waals surface area contributed by atoms with Crippen molar-refractivity contribution in [1.29, 1.82) is 0 Å². The molecule has 3 fully saturated rings. The van der Waals surface area contributed by atoms with Crippen molar-refractivity contribution in [3.8, 4) is 0 Å². The van der Waals surface area contributed by atoms with Gasteiger partial charge in [-0.2, -0.15) is 0 Å². The van der Waals surface area contributed by atoms with Crippen molar-refractivity contribution in [3.05, 3.63) is 115 Å². The molecule has 282 valence electrons. The molecular weight excluding hydrogens is 814 g/mol. The zero-order valence-corrected chi connectivity index (χ0v) is 33.6. The van der Waals surface area contributed by atoms with E-state index in [-0.39, 0.29) is 50.5 Å². The highest BCUT2D eigenvalue weighted by Gasteiger charge is 2.49. The molecule has 0 bridgehead atoms. The molecule has 1 aromatic heterocycles. The van der Waals surface area contributed by atoms with Gasteiger partial charge in [0, 0.05) is 16.1 Å². The first-order valence-corrected chi connectivity index (χ1v) is 20.3. The predicted octanol–water partition coefficient (Wildman–Crippen LogP) is 9.71. The molecule has 1 saturated carbocycles. The van der Waals surface area contributed by atoms with Crippen LogP contribution in [0, 0.1) is 35.8 Å². The molecule has 3 heterocycles. The molecule has 4 aromatic carbocycles. The predicted molar refractivity (Wildman–Crippen MR) is 223 cm³/mol. The summed E-state index contributed by atoms with van der Waals surface area (Å²) >= 11 is 21.0. The third-order valence-electron chi connectivity index (χ3n) is 10.2. The van der Waals surface area contributed by atoms with E-state index in [0.29, 0.717) is 49.8 Å². The molecule has 16 heteroatoms. The number of thiazole rings is 1. The minimum absolute atomic E-state index is 0.116. The maximum atomic E-state index is 14.1. The number of nitro benzene ring substituents is 1. The number of thiocarbonyl (C=S) groups is 1. The third kappa shape index (κ3) is 6.68. The Hall–Kier alpha value is -4.99. The van der Waals surface area contributed by atoms with E-state index >= 15 is 0 Å². The number of hydrogen-bond acceptors (Lipinski definition) is 10. The molecule has 0 radical (unpaired) electrons. The van der Waals surface area contributed by atoms with Crippen LogP contribution >= 0.6 is 58.5 Å². The molecule has 3 aliphatic rings. The Morgan fingerprint density at radius 3 is 1.91 bits per heavy atom. The van der Waals surface area contributed by atoms with Crippen LogP contribution in [0.1, 0.15) is 42.4 Å². The van der Waals surface area contributed by atoms with Crippen molar-refractivity contribution in [2.24, 2.45) is 11.8 Å². The number of benzene rings is 4. The van der Waals surface area contributed by atoms with Gasteiger partial charge in [0.25, 0.3) is 17.5 Å². The van der Waals surface area contributed by atoms with Crippen LogP contribution in [0.25, 0.3) is 16.3 Å². The first-order valence-electron chi connectivity index (χ1n) is 17.5. The molecule has 0 N–H and O–H groups in total. The monoisotopic (exact) mass is 841 g/mol. The van der Waals surface area contributed by atoms with Crippen molar-refractivity contribution >= 4 is 126 Å². The van der Waals surface area contributed by atoms with E-state index in [0.717, 1.165) is 40.4 Å². The van der Waals surface area contributed by atoms with Crippen molar-refractivity contribution in [1.82, 2.24) is 4.98 Å². The molecule has 1 aliphatic carbocycles. The topological polar surface area (TPSA) is 134 Å². The SMILES string of the molecule is Cc1ccc(N2C(=O)C(=Cc3ccc(Sc4nc5ccc(N6C(=O)[C@@H]7CCCC[C@H]7C6=O)cc5s4)c([N+](=O)[O-])c3)C(=O)N(c3ccc(C)c(Cl)c3)C2=S)cc1Cl.